The molecule has 2 unspecified atom stereocenters. The van der Waals surface area contributed by atoms with E-state index in [-0.39, 0.29) is 36.1 Å². The summed E-state index contributed by atoms with van der Waals surface area (Å²) in [6.07, 6.45) is -6.20. The fraction of sp³-hybridized carbons (Fsp3) is 0.826. The van der Waals surface area contributed by atoms with Crippen LogP contribution in [0.4, 0.5) is 13.2 Å². The standard InChI is InChI=1S/C23H34F3N3O6/c1-21(2,3)17(31)20(34)29-9-12-15(22(12,4)5)16(29)19(33)28-13(8-11-6-7-27-18(11)32)14(30)10-35-23(24,25)26/h11-13,15-17,31H,6-10H2,1-5H3,(H,27,32)(H,28,33)/t11-,12-,13?,15-,16-,17?/m0/s1. The molecule has 3 N–H and O–H groups in total. The number of ketones is 1. The first-order valence-electron chi connectivity index (χ1n) is 11.7. The van der Waals surface area contributed by atoms with Crippen LogP contribution < -0.4 is 10.6 Å². The zero-order valence-electron chi connectivity index (χ0n) is 20.6. The first-order chi connectivity index (χ1) is 15.9. The van der Waals surface area contributed by atoms with E-state index in [9.17, 15) is 37.5 Å². The molecule has 0 aromatic heterocycles. The number of amides is 3. The van der Waals surface area contributed by atoms with Gasteiger partial charge in [0.1, 0.15) is 18.8 Å². The van der Waals surface area contributed by atoms with E-state index in [2.05, 4.69) is 15.4 Å². The van der Waals surface area contributed by atoms with Gasteiger partial charge in [-0.25, -0.2) is 0 Å². The van der Waals surface area contributed by atoms with Crippen molar-refractivity contribution in [3.63, 3.8) is 0 Å². The maximum atomic E-state index is 13.4. The lowest BCUT2D eigenvalue weighted by Crippen LogP contribution is -2.57. The highest BCUT2D eigenvalue weighted by Gasteiger charge is 2.69. The van der Waals surface area contributed by atoms with Crippen molar-refractivity contribution in [1.29, 1.82) is 0 Å². The SMILES string of the molecule is CC(C)(C)C(O)C(=O)N1C[C@H]2[C@@H]([C@H]1C(=O)NC(C[C@@H]1CCNC1=O)C(=O)COC(F)(F)F)C2(C)C. The van der Waals surface area contributed by atoms with Gasteiger partial charge in [0.15, 0.2) is 5.78 Å². The molecule has 0 bridgehead atoms. The summed E-state index contributed by atoms with van der Waals surface area (Å²) in [7, 11) is 0. The highest BCUT2D eigenvalue weighted by atomic mass is 19.4. The molecule has 0 aromatic carbocycles. The normalized spacial score (nSPS) is 29.3. The quantitative estimate of drug-likeness (QED) is 0.452. The van der Waals surface area contributed by atoms with Crippen molar-refractivity contribution < 1.29 is 42.2 Å². The van der Waals surface area contributed by atoms with Crippen LogP contribution in [-0.2, 0) is 23.9 Å². The first-order valence-corrected chi connectivity index (χ1v) is 11.7. The van der Waals surface area contributed by atoms with Crippen LogP contribution in [0, 0.1) is 28.6 Å². The van der Waals surface area contributed by atoms with Gasteiger partial charge in [0, 0.05) is 19.0 Å². The zero-order valence-corrected chi connectivity index (χ0v) is 20.6. The molecule has 3 fully saturated rings. The molecule has 6 atom stereocenters. The molecule has 35 heavy (non-hydrogen) atoms. The van der Waals surface area contributed by atoms with Crippen LogP contribution in [0.1, 0.15) is 47.5 Å². The number of piperidine rings is 1. The number of nitrogens with one attached hydrogen (secondary N) is 2. The van der Waals surface area contributed by atoms with Gasteiger partial charge in [-0.15, -0.1) is 13.2 Å². The van der Waals surface area contributed by atoms with E-state index in [0.717, 1.165) is 0 Å². The lowest BCUT2D eigenvalue weighted by atomic mass is 9.87. The number of halogens is 3. The number of nitrogens with zero attached hydrogens (tertiary/aromatic N) is 1. The van der Waals surface area contributed by atoms with E-state index in [0.29, 0.717) is 13.0 Å². The molecule has 9 nitrogen and oxygen atoms in total. The summed E-state index contributed by atoms with van der Waals surface area (Å²) in [6, 6.07) is -2.39. The van der Waals surface area contributed by atoms with Gasteiger partial charge in [-0.05, 0) is 35.5 Å². The van der Waals surface area contributed by atoms with Crippen molar-refractivity contribution in [3.8, 4) is 0 Å². The Morgan fingerprint density at radius 2 is 1.89 bits per heavy atom. The maximum absolute atomic E-state index is 13.4. The fourth-order valence-corrected chi connectivity index (χ4v) is 5.28. The molecule has 2 aliphatic heterocycles. The molecule has 3 rings (SSSR count). The van der Waals surface area contributed by atoms with Gasteiger partial charge < -0.3 is 20.6 Å². The third-order valence-electron chi connectivity index (χ3n) is 7.58. The van der Waals surface area contributed by atoms with E-state index in [4.69, 9.17) is 0 Å². The minimum atomic E-state index is -5.03. The molecule has 3 amide bonds. The smallest absolute Gasteiger partial charge is 0.383 e. The Morgan fingerprint density at radius 3 is 2.40 bits per heavy atom. The second kappa shape index (κ2) is 9.34. The lowest BCUT2D eigenvalue weighted by molar-refractivity contribution is -0.321. The van der Waals surface area contributed by atoms with Crippen molar-refractivity contribution in [2.75, 3.05) is 19.7 Å². The predicted molar refractivity (Wildman–Crippen MR) is 116 cm³/mol. The van der Waals surface area contributed by atoms with Gasteiger partial charge in [-0.1, -0.05) is 34.6 Å². The monoisotopic (exact) mass is 505 g/mol. The number of aliphatic hydroxyl groups excluding tert-OH is 1. The highest BCUT2D eigenvalue weighted by molar-refractivity contribution is 5.95. The summed E-state index contributed by atoms with van der Waals surface area (Å²) in [5.41, 5.74) is -1.03. The van der Waals surface area contributed by atoms with Crippen LogP contribution in [0.15, 0.2) is 0 Å². The van der Waals surface area contributed by atoms with Crippen molar-refractivity contribution in [2.45, 2.75) is 72.0 Å². The summed E-state index contributed by atoms with van der Waals surface area (Å²) in [5.74, 6) is -3.53. The molecule has 1 aliphatic carbocycles. The van der Waals surface area contributed by atoms with E-state index < -0.39 is 60.1 Å². The summed E-state index contributed by atoms with van der Waals surface area (Å²) in [5, 5.41) is 15.6. The van der Waals surface area contributed by atoms with Crippen LogP contribution in [-0.4, -0.2) is 77.8 Å². The van der Waals surface area contributed by atoms with Gasteiger partial charge in [-0.3, -0.25) is 23.9 Å². The third kappa shape index (κ3) is 5.79. The number of Topliss-reactive ketones (excluding diaryl/α,β-unsaturated/α-hetero) is 1. The lowest BCUT2D eigenvalue weighted by Gasteiger charge is -2.35. The second-order valence-electron chi connectivity index (χ2n) is 11.4. The number of aliphatic hydroxyl groups is 1. The zero-order chi connectivity index (χ0) is 26.5. The van der Waals surface area contributed by atoms with Crippen molar-refractivity contribution in [2.24, 2.45) is 28.6 Å². The van der Waals surface area contributed by atoms with Gasteiger partial charge >= 0.3 is 6.36 Å². The molecule has 2 saturated heterocycles. The molecule has 0 aromatic rings. The molecule has 2 heterocycles. The van der Waals surface area contributed by atoms with E-state index >= 15 is 0 Å². The van der Waals surface area contributed by atoms with Crippen LogP contribution in [0.5, 0.6) is 0 Å². The Balaban J connectivity index is 1.80. The Labute approximate surface area is 202 Å². The average molecular weight is 506 g/mol. The molecular weight excluding hydrogens is 471 g/mol. The van der Waals surface area contributed by atoms with Crippen LogP contribution >= 0.6 is 0 Å². The molecular formula is C23H34F3N3O6. The summed E-state index contributed by atoms with van der Waals surface area (Å²) in [6.45, 7) is 8.28. The molecule has 3 aliphatic rings. The first kappa shape index (κ1) is 27.4. The van der Waals surface area contributed by atoms with Crippen LogP contribution in [0.25, 0.3) is 0 Å². The molecule has 0 spiro atoms. The van der Waals surface area contributed by atoms with Crippen LogP contribution in [0.3, 0.4) is 0 Å². The summed E-state index contributed by atoms with van der Waals surface area (Å²) >= 11 is 0. The number of likely N-dealkylation sites (tertiary alicyclic amines) is 1. The third-order valence-corrected chi connectivity index (χ3v) is 7.58. The Morgan fingerprint density at radius 1 is 1.26 bits per heavy atom. The highest BCUT2D eigenvalue weighted by Crippen LogP contribution is 2.65. The number of rotatable bonds is 8. The van der Waals surface area contributed by atoms with Gasteiger partial charge in [0.2, 0.25) is 11.8 Å². The average Bonchev–Trinajstić information content (AvgIpc) is 3.10. The number of fused-ring (bicyclic) bond motifs is 1. The number of alkyl halides is 3. The Kier molecular flexibility index (Phi) is 7.31. The fourth-order valence-electron chi connectivity index (χ4n) is 5.28. The van der Waals surface area contributed by atoms with Gasteiger partial charge in [-0.2, -0.15) is 0 Å². The Hall–Kier alpha value is -2.21. The second-order valence-corrected chi connectivity index (χ2v) is 11.4. The number of carbonyl (C=O) groups is 4. The molecule has 198 valence electrons. The van der Waals surface area contributed by atoms with E-state index in [1.807, 2.05) is 13.8 Å². The predicted octanol–water partition coefficient (Wildman–Crippen LogP) is 0.993. The van der Waals surface area contributed by atoms with Gasteiger partial charge in [0.05, 0.1) is 6.04 Å². The minimum Gasteiger partial charge on any atom is -0.383 e. The minimum absolute atomic E-state index is 0.0118. The number of hydrogen-bond acceptors (Lipinski definition) is 6. The van der Waals surface area contributed by atoms with E-state index in [1.165, 1.54) is 4.90 Å². The molecule has 0 radical (unpaired) electrons. The number of ether oxygens (including phenoxy) is 1. The van der Waals surface area contributed by atoms with Gasteiger partial charge in [0.25, 0.3) is 5.91 Å². The molecule has 1 saturated carbocycles. The molecule has 12 heteroatoms. The Bertz CT molecular complexity index is 885. The van der Waals surface area contributed by atoms with Crippen molar-refractivity contribution in [3.05, 3.63) is 0 Å². The van der Waals surface area contributed by atoms with E-state index in [1.54, 1.807) is 20.8 Å². The summed E-state index contributed by atoms with van der Waals surface area (Å²) in [4.78, 5) is 52.4. The number of hydrogen-bond donors (Lipinski definition) is 3. The summed E-state index contributed by atoms with van der Waals surface area (Å²) < 4.78 is 41.2. The van der Waals surface area contributed by atoms with Crippen molar-refractivity contribution in [1.82, 2.24) is 15.5 Å². The topological polar surface area (TPSA) is 125 Å². The van der Waals surface area contributed by atoms with Crippen LogP contribution in [0.2, 0.25) is 0 Å². The largest absolute Gasteiger partial charge is 0.522 e. The van der Waals surface area contributed by atoms with Crippen molar-refractivity contribution >= 4 is 23.5 Å². The number of carbonyl (C=O) groups excluding carboxylic acids is 4. The maximum Gasteiger partial charge on any atom is 0.522 e.